The molecular weight excluding hydrogens is 242 g/mol. The molecule has 0 bridgehead atoms. The van der Waals surface area contributed by atoms with Crippen LogP contribution in [0.5, 0.6) is 0 Å². The van der Waals surface area contributed by atoms with Gasteiger partial charge >= 0.3 is 0 Å². The third-order valence-corrected chi connectivity index (χ3v) is 2.60. The molecule has 0 aliphatic heterocycles. The van der Waals surface area contributed by atoms with E-state index in [-0.39, 0.29) is 5.54 Å². The minimum absolute atomic E-state index is 0.124. The van der Waals surface area contributed by atoms with Crippen LogP contribution in [-0.2, 0) is 22.6 Å². The van der Waals surface area contributed by atoms with Gasteiger partial charge in [0.05, 0.1) is 18.9 Å². The van der Waals surface area contributed by atoms with Crippen LogP contribution >= 0.6 is 0 Å². The summed E-state index contributed by atoms with van der Waals surface area (Å²) in [7, 11) is 1.68. The van der Waals surface area contributed by atoms with Gasteiger partial charge in [-0.05, 0) is 33.3 Å². The van der Waals surface area contributed by atoms with Gasteiger partial charge in [-0.25, -0.2) is 0 Å². The number of nitrogens with one attached hydrogen (secondary N) is 1. The van der Waals surface area contributed by atoms with E-state index in [1.807, 2.05) is 10.9 Å². The van der Waals surface area contributed by atoms with Gasteiger partial charge in [0, 0.05) is 38.5 Å². The van der Waals surface area contributed by atoms with E-state index in [2.05, 4.69) is 37.3 Å². The molecule has 19 heavy (non-hydrogen) atoms. The lowest BCUT2D eigenvalue weighted by Crippen LogP contribution is -2.35. The number of hydrogen-bond donors (Lipinski definition) is 1. The maximum atomic E-state index is 5.42. The Bertz CT molecular complexity index is 345. The van der Waals surface area contributed by atoms with Crippen LogP contribution in [0.25, 0.3) is 0 Å². The van der Waals surface area contributed by atoms with Crippen molar-refractivity contribution in [2.24, 2.45) is 0 Å². The highest BCUT2D eigenvalue weighted by molar-refractivity contribution is 4.99. The zero-order valence-corrected chi connectivity index (χ0v) is 12.6. The molecule has 5 heteroatoms. The summed E-state index contributed by atoms with van der Waals surface area (Å²) in [5, 5.41) is 7.95. The van der Waals surface area contributed by atoms with Crippen molar-refractivity contribution in [3.63, 3.8) is 0 Å². The first-order valence-electron chi connectivity index (χ1n) is 6.85. The van der Waals surface area contributed by atoms with Gasteiger partial charge in [0.1, 0.15) is 0 Å². The molecule has 1 aromatic rings. The number of hydrogen-bond acceptors (Lipinski definition) is 4. The van der Waals surface area contributed by atoms with Gasteiger partial charge in [0.15, 0.2) is 0 Å². The Morgan fingerprint density at radius 3 is 2.74 bits per heavy atom. The Balaban J connectivity index is 2.16. The molecule has 0 aliphatic rings. The molecule has 0 amide bonds. The zero-order chi connectivity index (χ0) is 14.1. The van der Waals surface area contributed by atoms with E-state index in [1.54, 1.807) is 7.11 Å². The van der Waals surface area contributed by atoms with Gasteiger partial charge in [0.2, 0.25) is 0 Å². The van der Waals surface area contributed by atoms with Crippen LogP contribution < -0.4 is 5.32 Å². The molecule has 5 nitrogen and oxygen atoms in total. The molecule has 0 radical (unpaired) electrons. The Labute approximate surface area is 116 Å². The minimum atomic E-state index is 0.124. The zero-order valence-electron chi connectivity index (χ0n) is 12.6. The molecule has 0 fully saturated rings. The third-order valence-electron chi connectivity index (χ3n) is 2.60. The minimum Gasteiger partial charge on any atom is -0.382 e. The van der Waals surface area contributed by atoms with E-state index < -0.39 is 0 Å². The fourth-order valence-corrected chi connectivity index (χ4v) is 1.55. The predicted octanol–water partition coefficient (Wildman–Crippen LogP) is 1.82. The van der Waals surface area contributed by atoms with Crippen molar-refractivity contribution in [3.05, 3.63) is 18.0 Å². The molecule has 1 N–H and O–H groups in total. The van der Waals surface area contributed by atoms with Crippen LogP contribution in [0.1, 0.15) is 32.9 Å². The summed E-state index contributed by atoms with van der Waals surface area (Å²) in [5.74, 6) is 0. The van der Waals surface area contributed by atoms with Crippen LogP contribution in [0.15, 0.2) is 12.3 Å². The first kappa shape index (κ1) is 16.1. The van der Waals surface area contributed by atoms with Crippen molar-refractivity contribution in [2.75, 3.05) is 26.9 Å². The Hall–Kier alpha value is -0.910. The van der Waals surface area contributed by atoms with E-state index in [1.165, 1.54) is 0 Å². The van der Waals surface area contributed by atoms with Gasteiger partial charge < -0.3 is 14.8 Å². The summed E-state index contributed by atoms with van der Waals surface area (Å²) in [6.07, 6.45) is 2.99. The molecule has 110 valence electrons. The number of aromatic nitrogens is 2. The largest absolute Gasteiger partial charge is 0.382 e. The molecule has 1 rings (SSSR count). The summed E-state index contributed by atoms with van der Waals surface area (Å²) < 4.78 is 12.3. The van der Waals surface area contributed by atoms with Crippen molar-refractivity contribution in [2.45, 2.75) is 45.8 Å². The Morgan fingerprint density at radius 2 is 2.05 bits per heavy atom. The van der Waals surface area contributed by atoms with Crippen molar-refractivity contribution < 1.29 is 9.47 Å². The number of nitrogens with zero attached hydrogens (tertiary/aromatic N) is 2. The highest BCUT2D eigenvalue weighted by Gasteiger charge is 2.09. The molecule has 0 unspecified atom stereocenters. The average Bonchev–Trinajstić information content (AvgIpc) is 2.78. The third kappa shape index (κ3) is 7.97. The van der Waals surface area contributed by atoms with E-state index >= 15 is 0 Å². The van der Waals surface area contributed by atoms with E-state index in [0.717, 1.165) is 31.8 Å². The SMILES string of the molecule is COCCOCCCn1ccc(CNC(C)(C)C)n1. The summed E-state index contributed by atoms with van der Waals surface area (Å²) in [5.41, 5.74) is 1.20. The van der Waals surface area contributed by atoms with Gasteiger partial charge in [-0.15, -0.1) is 0 Å². The van der Waals surface area contributed by atoms with Crippen LogP contribution in [0.2, 0.25) is 0 Å². The summed E-state index contributed by atoms with van der Waals surface area (Å²) in [4.78, 5) is 0. The smallest absolute Gasteiger partial charge is 0.0762 e. The fourth-order valence-electron chi connectivity index (χ4n) is 1.55. The first-order chi connectivity index (χ1) is 9.01. The van der Waals surface area contributed by atoms with Gasteiger partial charge in [-0.3, -0.25) is 4.68 Å². The van der Waals surface area contributed by atoms with Gasteiger partial charge in [-0.1, -0.05) is 0 Å². The predicted molar refractivity (Wildman–Crippen MR) is 76.1 cm³/mol. The highest BCUT2D eigenvalue weighted by atomic mass is 16.5. The Kier molecular flexibility index (Phi) is 7.05. The van der Waals surface area contributed by atoms with Crippen LogP contribution in [0, 0.1) is 0 Å². The monoisotopic (exact) mass is 269 g/mol. The summed E-state index contributed by atoms with van der Waals surface area (Å²) in [6, 6.07) is 2.06. The van der Waals surface area contributed by atoms with E-state index in [0.29, 0.717) is 13.2 Å². The van der Waals surface area contributed by atoms with Crippen LogP contribution in [0.3, 0.4) is 0 Å². The molecule has 1 aromatic heterocycles. The summed E-state index contributed by atoms with van der Waals surface area (Å²) in [6.45, 7) is 10.2. The fraction of sp³-hybridized carbons (Fsp3) is 0.786. The molecule has 0 spiro atoms. The van der Waals surface area contributed by atoms with E-state index in [9.17, 15) is 0 Å². The second-order valence-corrected chi connectivity index (χ2v) is 5.63. The van der Waals surface area contributed by atoms with Crippen LogP contribution in [-0.4, -0.2) is 42.2 Å². The highest BCUT2D eigenvalue weighted by Crippen LogP contribution is 2.03. The number of rotatable bonds is 9. The molecule has 0 aromatic carbocycles. The molecule has 0 saturated heterocycles. The van der Waals surface area contributed by atoms with Gasteiger partial charge in [0.25, 0.3) is 0 Å². The molecular formula is C14H27N3O2. The van der Waals surface area contributed by atoms with Crippen molar-refractivity contribution >= 4 is 0 Å². The van der Waals surface area contributed by atoms with Crippen LogP contribution in [0.4, 0.5) is 0 Å². The molecule has 0 atom stereocenters. The second kappa shape index (κ2) is 8.30. The van der Waals surface area contributed by atoms with Crippen molar-refractivity contribution in [3.8, 4) is 0 Å². The lowest BCUT2D eigenvalue weighted by molar-refractivity contribution is 0.0677. The van der Waals surface area contributed by atoms with Gasteiger partial charge in [-0.2, -0.15) is 5.10 Å². The lowest BCUT2D eigenvalue weighted by atomic mass is 10.1. The first-order valence-corrected chi connectivity index (χ1v) is 6.85. The molecule has 0 aliphatic carbocycles. The van der Waals surface area contributed by atoms with Crippen molar-refractivity contribution in [1.29, 1.82) is 0 Å². The molecule has 1 heterocycles. The topological polar surface area (TPSA) is 48.3 Å². The summed E-state index contributed by atoms with van der Waals surface area (Å²) >= 11 is 0. The standard InChI is InChI=1S/C14H27N3O2/c1-14(2,3)15-12-13-6-8-17(16-13)7-5-9-19-11-10-18-4/h6,8,15H,5,7,9-12H2,1-4H3. The maximum absolute atomic E-state index is 5.42. The quantitative estimate of drug-likeness (QED) is 0.695. The molecule has 0 saturated carbocycles. The van der Waals surface area contributed by atoms with E-state index in [4.69, 9.17) is 9.47 Å². The number of methoxy groups -OCH3 is 1. The Morgan fingerprint density at radius 1 is 1.26 bits per heavy atom. The normalized spacial score (nSPS) is 12.0. The number of ether oxygens (including phenoxy) is 2. The number of aryl methyl sites for hydroxylation is 1. The maximum Gasteiger partial charge on any atom is 0.0762 e. The average molecular weight is 269 g/mol. The van der Waals surface area contributed by atoms with Crippen molar-refractivity contribution in [1.82, 2.24) is 15.1 Å². The lowest BCUT2D eigenvalue weighted by Gasteiger charge is -2.19. The second-order valence-electron chi connectivity index (χ2n) is 5.63.